The highest BCUT2D eigenvalue weighted by Gasteiger charge is 2.43. The van der Waals surface area contributed by atoms with Crippen LogP contribution in [0.25, 0.3) is 0 Å². The van der Waals surface area contributed by atoms with E-state index in [0.717, 1.165) is 12.8 Å². The van der Waals surface area contributed by atoms with Crippen molar-refractivity contribution in [1.82, 2.24) is 14.3 Å². The lowest BCUT2D eigenvalue weighted by molar-refractivity contribution is 0.0286. The summed E-state index contributed by atoms with van der Waals surface area (Å²) in [7, 11) is 0. The van der Waals surface area contributed by atoms with E-state index in [1.54, 1.807) is 6.92 Å². The lowest BCUT2D eigenvalue weighted by Crippen LogP contribution is -2.48. The number of amides is 1. The van der Waals surface area contributed by atoms with Crippen LogP contribution >= 0.6 is 11.5 Å². The van der Waals surface area contributed by atoms with Gasteiger partial charge in [0, 0.05) is 12.1 Å². The summed E-state index contributed by atoms with van der Waals surface area (Å²) in [6, 6.07) is 0.390. The molecule has 3 heterocycles. The Morgan fingerprint density at radius 2 is 2.06 bits per heavy atom. The van der Waals surface area contributed by atoms with Gasteiger partial charge in [-0.15, -0.1) is 0 Å². The molecular weight excluding hydrogens is 238 g/mol. The molecule has 6 heteroatoms. The summed E-state index contributed by atoms with van der Waals surface area (Å²) in [6.07, 6.45) is 3.18. The van der Waals surface area contributed by atoms with Crippen LogP contribution in [0.4, 0.5) is 0 Å². The topological polar surface area (TPSA) is 66.3 Å². The van der Waals surface area contributed by atoms with Gasteiger partial charge in [-0.25, -0.2) is 4.98 Å². The second-order valence-corrected chi connectivity index (χ2v) is 5.62. The number of piperidine rings is 1. The Morgan fingerprint density at radius 1 is 1.41 bits per heavy atom. The zero-order chi connectivity index (χ0) is 12.0. The number of aliphatic hydroxyl groups excluding tert-OH is 1. The number of fused-ring (bicyclic) bond motifs is 2. The first kappa shape index (κ1) is 11.1. The average molecular weight is 253 g/mol. The molecule has 2 fully saturated rings. The maximum atomic E-state index is 12.3. The number of carbonyl (C=O) groups is 1. The smallest absolute Gasteiger partial charge is 0.284 e. The highest BCUT2D eigenvalue weighted by atomic mass is 32.1. The Balaban J connectivity index is 1.83. The molecule has 1 N–H and O–H groups in total. The minimum absolute atomic E-state index is 0.00463. The van der Waals surface area contributed by atoms with Crippen LogP contribution in [0, 0.1) is 6.92 Å². The molecule has 2 bridgehead atoms. The van der Waals surface area contributed by atoms with E-state index in [-0.39, 0.29) is 24.1 Å². The number of aromatic nitrogens is 2. The van der Waals surface area contributed by atoms with Gasteiger partial charge in [0.15, 0.2) is 0 Å². The van der Waals surface area contributed by atoms with E-state index in [0.29, 0.717) is 23.7 Å². The Labute approximate surface area is 104 Å². The van der Waals surface area contributed by atoms with Crippen LogP contribution < -0.4 is 0 Å². The van der Waals surface area contributed by atoms with E-state index in [4.69, 9.17) is 0 Å². The lowest BCUT2D eigenvalue weighted by Gasteiger charge is -2.36. The summed E-state index contributed by atoms with van der Waals surface area (Å²) < 4.78 is 4.05. The molecule has 2 unspecified atom stereocenters. The first-order chi connectivity index (χ1) is 8.15. The van der Waals surface area contributed by atoms with Gasteiger partial charge in [-0.1, -0.05) is 0 Å². The standard InChI is InChI=1S/C11H15N3O2S/c1-6-12-10(17-13-6)11(16)14-7-2-3-8(14)5-9(15)4-7/h7-9,15H,2-5H2,1H3. The van der Waals surface area contributed by atoms with Crippen molar-refractivity contribution < 1.29 is 9.90 Å². The molecule has 2 atom stereocenters. The first-order valence-corrected chi connectivity index (χ1v) is 6.73. The Kier molecular flexibility index (Phi) is 2.63. The van der Waals surface area contributed by atoms with E-state index in [1.165, 1.54) is 11.5 Å². The molecule has 1 amide bonds. The van der Waals surface area contributed by atoms with Crippen molar-refractivity contribution in [2.75, 3.05) is 0 Å². The molecule has 92 valence electrons. The van der Waals surface area contributed by atoms with E-state index < -0.39 is 0 Å². The van der Waals surface area contributed by atoms with E-state index in [2.05, 4.69) is 9.36 Å². The highest BCUT2D eigenvalue weighted by Crippen LogP contribution is 2.36. The zero-order valence-corrected chi connectivity index (χ0v) is 10.5. The van der Waals surface area contributed by atoms with Crippen LogP contribution in [0.2, 0.25) is 0 Å². The average Bonchev–Trinajstić information content (AvgIpc) is 2.81. The normalized spacial score (nSPS) is 31.9. The Bertz CT molecular complexity index is 434. The van der Waals surface area contributed by atoms with Gasteiger partial charge in [0.25, 0.3) is 5.91 Å². The summed E-state index contributed by atoms with van der Waals surface area (Å²) in [5, 5.41) is 10.2. The molecule has 2 aliphatic heterocycles. The maximum absolute atomic E-state index is 12.3. The van der Waals surface area contributed by atoms with Gasteiger partial charge in [-0.3, -0.25) is 4.79 Å². The molecule has 1 aromatic heterocycles. The molecule has 3 rings (SSSR count). The second kappa shape index (κ2) is 4.03. The van der Waals surface area contributed by atoms with Gasteiger partial charge < -0.3 is 10.0 Å². The van der Waals surface area contributed by atoms with Crippen LogP contribution in [0.15, 0.2) is 0 Å². The fourth-order valence-corrected chi connectivity index (χ4v) is 3.59. The summed E-state index contributed by atoms with van der Waals surface area (Å²) >= 11 is 1.17. The monoisotopic (exact) mass is 253 g/mol. The Hall–Kier alpha value is -1.01. The third-order valence-electron chi connectivity index (χ3n) is 3.65. The zero-order valence-electron chi connectivity index (χ0n) is 9.67. The second-order valence-electron chi connectivity index (χ2n) is 4.87. The summed E-state index contributed by atoms with van der Waals surface area (Å²) in [4.78, 5) is 18.4. The van der Waals surface area contributed by atoms with Gasteiger partial charge in [-0.2, -0.15) is 4.37 Å². The molecule has 1 aromatic rings. The number of nitrogens with zero attached hydrogens (tertiary/aromatic N) is 3. The number of hydrogen-bond acceptors (Lipinski definition) is 5. The Morgan fingerprint density at radius 3 is 2.59 bits per heavy atom. The van der Waals surface area contributed by atoms with Crippen molar-refractivity contribution in [3.05, 3.63) is 10.8 Å². The summed E-state index contributed by atoms with van der Waals surface area (Å²) in [5.74, 6) is 0.651. The van der Waals surface area contributed by atoms with Crippen molar-refractivity contribution in [2.24, 2.45) is 0 Å². The minimum Gasteiger partial charge on any atom is -0.393 e. The molecular formula is C11H15N3O2S. The van der Waals surface area contributed by atoms with Crippen LogP contribution in [-0.2, 0) is 0 Å². The number of rotatable bonds is 1. The van der Waals surface area contributed by atoms with Gasteiger partial charge in [0.2, 0.25) is 5.01 Å². The molecule has 2 saturated heterocycles. The summed E-state index contributed by atoms with van der Waals surface area (Å²) in [5.41, 5.74) is 0. The molecule has 0 aliphatic carbocycles. The molecule has 5 nitrogen and oxygen atoms in total. The summed E-state index contributed by atoms with van der Waals surface area (Å²) in [6.45, 7) is 1.79. The molecule has 0 aromatic carbocycles. The predicted octanol–water partition coefficient (Wildman–Crippen LogP) is 0.974. The number of hydrogen-bond donors (Lipinski definition) is 1. The molecule has 0 radical (unpaired) electrons. The largest absolute Gasteiger partial charge is 0.393 e. The van der Waals surface area contributed by atoms with Gasteiger partial charge in [-0.05, 0) is 44.1 Å². The van der Waals surface area contributed by atoms with E-state index >= 15 is 0 Å². The van der Waals surface area contributed by atoms with Gasteiger partial charge >= 0.3 is 0 Å². The van der Waals surface area contributed by atoms with Crippen LogP contribution in [0.1, 0.15) is 41.3 Å². The van der Waals surface area contributed by atoms with Crippen molar-refractivity contribution in [1.29, 1.82) is 0 Å². The van der Waals surface area contributed by atoms with Gasteiger partial charge in [0.05, 0.1) is 6.10 Å². The van der Waals surface area contributed by atoms with E-state index in [9.17, 15) is 9.90 Å². The first-order valence-electron chi connectivity index (χ1n) is 5.96. The van der Waals surface area contributed by atoms with Crippen molar-refractivity contribution in [3.8, 4) is 0 Å². The van der Waals surface area contributed by atoms with Crippen LogP contribution in [-0.4, -0.2) is 43.5 Å². The number of carbonyl (C=O) groups excluding carboxylic acids is 1. The lowest BCUT2D eigenvalue weighted by atomic mass is 10.00. The SMILES string of the molecule is Cc1nsc(C(=O)N2C3CCC2CC(O)C3)n1. The number of aryl methyl sites for hydroxylation is 1. The fraction of sp³-hybridized carbons (Fsp3) is 0.727. The van der Waals surface area contributed by atoms with E-state index in [1.807, 2.05) is 4.90 Å². The van der Waals surface area contributed by atoms with Crippen molar-refractivity contribution >= 4 is 17.4 Å². The quantitative estimate of drug-likeness (QED) is 0.810. The minimum atomic E-state index is -0.243. The molecule has 2 aliphatic rings. The molecule has 0 spiro atoms. The van der Waals surface area contributed by atoms with Crippen molar-refractivity contribution in [3.63, 3.8) is 0 Å². The molecule has 17 heavy (non-hydrogen) atoms. The molecule has 0 saturated carbocycles. The highest BCUT2D eigenvalue weighted by molar-refractivity contribution is 7.07. The maximum Gasteiger partial charge on any atom is 0.284 e. The number of aliphatic hydroxyl groups is 1. The van der Waals surface area contributed by atoms with Gasteiger partial charge in [0.1, 0.15) is 5.82 Å². The van der Waals surface area contributed by atoms with Crippen LogP contribution in [0.3, 0.4) is 0 Å². The van der Waals surface area contributed by atoms with Crippen LogP contribution in [0.5, 0.6) is 0 Å². The third-order valence-corrected chi connectivity index (χ3v) is 4.45. The third kappa shape index (κ3) is 1.85. The van der Waals surface area contributed by atoms with Crippen molar-refractivity contribution in [2.45, 2.75) is 50.8 Å². The fourth-order valence-electron chi connectivity index (χ4n) is 2.97. The predicted molar refractivity (Wildman–Crippen MR) is 62.9 cm³/mol.